The Bertz CT molecular complexity index is 3000. The van der Waals surface area contributed by atoms with E-state index in [0.29, 0.717) is 82.2 Å². The number of ketones is 2. The highest BCUT2D eigenvalue weighted by Crippen LogP contribution is 2.32. The number of hydrogen-bond acceptors (Lipinski definition) is 11. The van der Waals surface area contributed by atoms with Gasteiger partial charge in [0.15, 0.2) is 22.4 Å². The number of pyridine rings is 2. The van der Waals surface area contributed by atoms with Gasteiger partial charge in [-0.3, -0.25) is 9.59 Å². The zero-order valence-corrected chi connectivity index (χ0v) is 38.6. The topological polar surface area (TPSA) is 217 Å². The number of halogens is 2. The lowest BCUT2D eigenvalue weighted by molar-refractivity contribution is 0.0975. The van der Waals surface area contributed by atoms with E-state index in [1.54, 1.807) is 66.7 Å². The van der Waals surface area contributed by atoms with Crippen LogP contribution in [0.25, 0.3) is 4.98 Å². The van der Waals surface area contributed by atoms with Crippen molar-refractivity contribution in [3.8, 4) is 0 Å². The number of nitrogens with two attached hydrogens (primary N) is 4. The summed E-state index contributed by atoms with van der Waals surface area (Å²) in [4.78, 5) is 36.3. The number of aryl methyl sites for hydroxylation is 2. The highest BCUT2D eigenvalue weighted by atomic mass is 35.5. The summed E-state index contributed by atoms with van der Waals surface area (Å²) in [5, 5.41) is 18.1. The van der Waals surface area contributed by atoms with Gasteiger partial charge < -0.3 is 22.9 Å². The van der Waals surface area contributed by atoms with Gasteiger partial charge in [0.25, 0.3) is 0 Å². The third-order valence-electron chi connectivity index (χ3n) is 10.3. The van der Waals surface area contributed by atoms with Crippen molar-refractivity contribution in [2.45, 2.75) is 38.5 Å². The molecule has 68 heavy (non-hydrogen) atoms. The summed E-state index contributed by atoms with van der Waals surface area (Å²) in [6.07, 6.45) is 3.55. The lowest BCUT2D eigenvalue weighted by Gasteiger charge is -2.10. The summed E-state index contributed by atoms with van der Waals surface area (Å²) in [6, 6.07) is 54.3. The van der Waals surface area contributed by atoms with Gasteiger partial charge >= 0.3 is 5.69 Å². The van der Waals surface area contributed by atoms with E-state index in [9.17, 15) is 9.59 Å². The Morgan fingerprint density at radius 1 is 0.500 bits per heavy atom. The predicted molar refractivity (Wildman–Crippen MR) is 275 cm³/mol. The summed E-state index contributed by atoms with van der Waals surface area (Å²) in [5.41, 5.74) is 32.6. The van der Waals surface area contributed by atoms with Crippen LogP contribution in [0, 0.1) is 5.39 Å². The number of rotatable bonds is 14. The van der Waals surface area contributed by atoms with Crippen LogP contribution in [0.4, 0.5) is 40.3 Å². The second-order valence-electron chi connectivity index (χ2n) is 15.6. The van der Waals surface area contributed by atoms with Crippen LogP contribution in [-0.4, -0.2) is 21.5 Å². The first-order valence-electron chi connectivity index (χ1n) is 21.6. The van der Waals surface area contributed by atoms with Crippen molar-refractivity contribution in [3.63, 3.8) is 0 Å². The molecule has 0 saturated carbocycles. The molecule has 8 rings (SSSR count). The quantitative estimate of drug-likeness (QED) is 0.0462. The summed E-state index contributed by atoms with van der Waals surface area (Å²) in [5.74, 6) is 1.56. The van der Waals surface area contributed by atoms with Crippen LogP contribution in [-0.2, 0) is 25.7 Å². The van der Waals surface area contributed by atoms with Crippen molar-refractivity contribution in [1.82, 2.24) is 9.97 Å². The number of carbonyl (C=O) groups excluding carboxylic acids is 2. The number of aromatic nitrogens is 2. The number of anilines is 4. The summed E-state index contributed by atoms with van der Waals surface area (Å²) in [7, 11) is 0. The summed E-state index contributed by atoms with van der Waals surface area (Å²) < 4.78 is 0. The molecule has 340 valence electrons. The highest BCUT2D eigenvalue weighted by Gasteiger charge is 2.13. The average Bonchev–Trinajstić information content (AvgIpc) is 3.34. The molecule has 0 amide bonds. The Hall–Kier alpha value is -8.24. The molecule has 0 aliphatic rings. The Labute approximate surface area is 405 Å². The number of nitrogens with zero attached hydrogens (tertiary/aromatic N) is 6. The maximum atomic E-state index is 12.8. The smallest absolute Gasteiger partial charge is 0.384 e. The number of diazo groups is 1. The molecule has 12 nitrogen and oxygen atoms in total. The molecule has 0 aliphatic heterocycles. The standard InChI is InChI=1S/C27H24ClN5O.C21H21N3O.C6H4ClN2/c28-22-10-12-23(13-11-22)32-33-26-21(17-25(29)31-27(26)30)16-19-7-4-8-20(15-19)24(34)14-9-18-5-2-1-3-6-18;22-20-13-17(14-21(23)24-20)11-16-7-4-8-18(12-16)19(25)10-9-15-5-2-1-3-6-15;7-5-1-3-6(9-8)4-2-5/h1-8,10-13,15,17H,9,14,16H2,(H4,29,30,31);1-8,12-14H,9-11H2,(H4,22,23,24);1-4H/q;;+1. The fourth-order valence-electron chi connectivity index (χ4n) is 7.01. The van der Waals surface area contributed by atoms with Crippen LogP contribution in [0.3, 0.4) is 0 Å². The first-order chi connectivity index (χ1) is 32.9. The molecule has 8 aromatic rings. The number of nitrogen functional groups attached to an aromatic ring is 4. The molecular formula is C54H49Cl2N10O2+. The Morgan fingerprint density at radius 2 is 0.971 bits per heavy atom. The number of benzene rings is 6. The second-order valence-corrected chi connectivity index (χ2v) is 16.5. The third-order valence-corrected chi connectivity index (χ3v) is 10.8. The van der Waals surface area contributed by atoms with Gasteiger partial charge in [-0.15, -0.1) is 5.11 Å². The maximum absolute atomic E-state index is 12.8. The van der Waals surface area contributed by atoms with E-state index in [2.05, 4.69) is 25.2 Å². The van der Waals surface area contributed by atoms with Gasteiger partial charge in [0.05, 0.1) is 5.69 Å². The molecule has 0 bridgehead atoms. The summed E-state index contributed by atoms with van der Waals surface area (Å²) >= 11 is 11.5. The van der Waals surface area contributed by atoms with E-state index in [-0.39, 0.29) is 17.4 Å². The molecular weight excluding hydrogens is 892 g/mol. The van der Waals surface area contributed by atoms with Gasteiger partial charge in [0.1, 0.15) is 23.1 Å². The summed E-state index contributed by atoms with van der Waals surface area (Å²) in [6.45, 7) is 0. The van der Waals surface area contributed by atoms with Gasteiger partial charge in [-0.25, -0.2) is 9.97 Å². The Kier molecular flexibility index (Phi) is 18.0. The fraction of sp³-hybridized carbons (Fsp3) is 0.111. The highest BCUT2D eigenvalue weighted by molar-refractivity contribution is 6.30. The molecule has 0 unspecified atom stereocenters. The van der Waals surface area contributed by atoms with Crippen LogP contribution >= 0.6 is 23.2 Å². The van der Waals surface area contributed by atoms with Crippen LogP contribution < -0.4 is 22.9 Å². The lowest BCUT2D eigenvalue weighted by Crippen LogP contribution is -2.03. The fourth-order valence-corrected chi connectivity index (χ4v) is 7.26. The Balaban J connectivity index is 0.000000195. The van der Waals surface area contributed by atoms with E-state index < -0.39 is 0 Å². The van der Waals surface area contributed by atoms with Crippen LogP contribution in [0.2, 0.25) is 10.0 Å². The van der Waals surface area contributed by atoms with Crippen molar-refractivity contribution in [2.24, 2.45) is 10.2 Å². The molecule has 2 heterocycles. The van der Waals surface area contributed by atoms with Gasteiger partial charge in [0, 0.05) is 46.1 Å². The van der Waals surface area contributed by atoms with Crippen molar-refractivity contribution in [3.05, 3.63) is 235 Å². The number of azo groups is 1. The van der Waals surface area contributed by atoms with E-state index >= 15 is 0 Å². The average molecular weight is 941 g/mol. The normalized spacial score (nSPS) is 10.5. The van der Waals surface area contributed by atoms with Gasteiger partial charge in [0.2, 0.25) is 5.39 Å². The minimum Gasteiger partial charge on any atom is -0.384 e. The van der Waals surface area contributed by atoms with Gasteiger partial charge in [-0.05, 0) is 126 Å². The Morgan fingerprint density at radius 3 is 1.49 bits per heavy atom. The maximum Gasteiger partial charge on any atom is 0.385 e. The largest absolute Gasteiger partial charge is 0.385 e. The molecule has 8 N–H and O–H groups in total. The van der Waals surface area contributed by atoms with Gasteiger partial charge in [-0.2, -0.15) is 5.11 Å². The molecule has 0 saturated heterocycles. The van der Waals surface area contributed by atoms with Crippen molar-refractivity contribution >= 4 is 75.1 Å². The zero-order valence-electron chi connectivity index (χ0n) is 37.1. The third kappa shape index (κ3) is 15.7. The van der Waals surface area contributed by atoms with E-state index in [4.69, 9.17) is 51.5 Å². The molecule has 0 aliphatic carbocycles. The molecule has 0 spiro atoms. The molecule has 0 fully saturated rings. The van der Waals surface area contributed by atoms with E-state index in [1.807, 2.05) is 109 Å². The molecule has 14 heteroatoms. The second kappa shape index (κ2) is 24.9. The van der Waals surface area contributed by atoms with Crippen molar-refractivity contribution < 1.29 is 9.59 Å². The first kappa shape index (κ1) is 49.2. The molecule has 6 aromatic carbocycles. The monoisotopic (exact) mass is 939 g/mol. The number of Topliss-reactive ketones (excluding diaryl/α,β-unsaturated/α-hetero) is 2. The number of carbonyl (C=O) groups is 2. The minimum atomic E-state index is 0.0992. The minimum absolute atomic E-state index is 0.0992. The lowest BCUT2D eigenvalue weighted by atomic mass is 9.98. The van der Waals surface area contributed by atoms with Crippen molar-refractivity contribution in [1.29, 1.82) is 5.39 Å². The molecule has 0 atom stereocenters. The predicted octanol–water partition coefficient (Wildman–Crippen LogP) is 13.2. The number of hydrogen-bond donors (Lipinski definition) is 4. The molecule has 0 radical (unpaired) electrons. The molecule has 2 aromatic heterocycles. The van der Waals surface area contributed by atoms with E-state index in [0.717, 1.165) is 39.8 Å². The van der Waals surface area contributed by atoms with E-state index in [1.165, 1.54) is 5.56 Å². The van der Waals surface area contributed by atoms with Crippen LogP contribution in [0.1, 0.15) is 66.9 Å². The van der Waals surface area contributed by atoms with Crippen LogP contribution in [0.5, 0.6) is 0 Å². The van der Waals surface area contributed by atoms with Gasteiger partial charge in [-0.1, -0.05) is 120 Å². The SMILES string of the molecule is N#[N+]c1ccc(Cl)cc1.Nc1cc(Cc2cccc(C(=O)CCc3ccccc3)c2)c(N=Nc2ccc(Cl)cc2)c(N)n1.Nc1cc(Cc2cccc(C(=O)CCc3ccccc3)c2)cc(N)n1. The zero-order chi connectivity index (χ0) is 48.3. The first-order valence-corrected chi connectivity index (χ1v) is 22.3. The van der Waals surface area contributed by atoms with Crippen LogP contribution in [0.15, 0.2) is 186 Å². The van der Waals surface area contributed by atoms with Crippen molar-refractivity contribution in [2.75, 3.05) is 22.9 Å².